The zero-order chi connectivity index (χ0) is 15.1. The largest absolute Gasteiger partial charge is 0.495 e. The molecule has 1 aromatic carbocycles. The van der Waals surface area contributed by atoms with E-state index in [0.29, 0.717) is 23.5 Å². The van der Waals surface area contributed by atoms with Crippen molar-refractivity contribution in [2.75, 3.05) is 23.9 Å². The highest BCUT2D eigenvalue weighted by atomic mass is 33.1. The predicted octanol–water partition coefficient (Wildman–Crippen LogP) is 3.93. The molecule has 1 amide bonds. The second-order valence-electron chi connectivity index (χ2n) is 5.08. The lowest BCUT2D eigenvalue weighted by atomic mass is 10.1. The molecule has 4 nitrogen and oxygen atoms in total. The fourth-order valence-electron chi connectivity index (χ4n) is 2.26. The highest BCUT2D eigenvalue weighted by Crippen LogP contribution is 2.39. The van der Waals surface area contributed by atoms with Crippen LogP contribution in [-0.2, 0) is 4.79 Å². The number of nitrogens with two attached hydrogens (primary N) is 1. The van der Waals surface area contributed by atoms with Crippen LogP contribution >= 0.6 is 21.6 Å². The lowest BCUT2D eigenvalue weighted by molar-refractivity contribution is -0.116. The summed E-state index contributed by atoms with van der Waals surface area (Å²) in [5.41, 5.74) is 6.99. The highest BCUT2D eigenvalue weighted by molar-refractivity contribution is 8.77. The van der Waals surface area contributed by atoms with Gasteiger partial charge in [0.2, 0.25) is 5.91 Å². The molecular formula is C15H22N2O2S2. The number of benzene rings is 1. The summed E-state index contributed by atoms with van der Waals surface area (Å²) in [6.07, 6.45) is 5.11. The summed E-state index contributed by atoms with van der Waals surface area (Å²) in [7, 11) is 5.54. The van der Waals surface area contributed by atoms with Gasteiger partial charge >= 0.3 is 0 Å². The van der Waals surface area contributed by atoms with Crippen molar-refractivity contribution in [1.29, 1.82) is 0 Å². The minimum atomic E-state index is 0.0207. The van der Waals surface area contributed by atoms with Gasteiger partial charge in [0, 0.05) is 23.1 Å². The van der Waals surface area contributed by atoms with Crippen LogP contribution in [0.1, 0.15) is 32.1 Å². The second kappa shape index (κ2) is 8.44. The van der Waals surface area contributed by atoms with Crippen molar-refractivity contribution in [2.24, 2.45) is 0 Å². The third-order valence-corrected chi connectivity index (χ3v) is 6.41. The molecule has 3 N–H and O–H groups in total. The molecular weight excluding hydrogens is 304 g/mol. The summed E-state index contributed by atoms with van der Waals surface area (Å²) in [5.74, 6) is 1.93. The lowest BCUT2D eigenvalue weighted by Crippen LogP contribution is -2.12. The van der Waals surface area contributed by atoms with Crippen LogP contribution in [0.5, 0.6) is 5.75 Å². The molecule has 1 aliphatic heterocycles. The maximum atomic E-state index is 12.0. The molecule has 0 aromatic heterocycles. The van der Waals surface area contributed by atoms with Crippen LogP contribution in [0.4, 0.5) is 11.4 Å². The number of nitrogens with one attached hydrogen (secondary N) is 1. The van der Waals surface area contributed by atoms with Gasteiger partial charge in [0.1, 0.15) is 5.75 Å². The Labute approximate surface area is 134 Å². The Bertz CT molecular complexity index is 477. The topological polar surface area (TPSA) is 64.3 Å². The smallest absolute Gasteiger partial charge is 0.224 e. The standard InChI is InChI=1S/C15H22N2O2S2/c1-19-14-7-6-11(16)10-13(14)17-15(18)5-3-2-4-12-8-9-20-21-12/h6-7,10,12H,2-5,8-9,16H2,1H3,(H,17,18). The van der Waals surface area contributed by atoms with Gasteiger partial charge in [-0.05, 0) is 37.5 Å². The van der Waals surface area contributed by atoms with E-state index in [2.05, 4.69) is 5.32 Å². The number of carbonyl (C=O) groups is 1. The molecule has 0 spiro atoms. The van der Waals surface area contributed by atoms with Crippen LogP contribution in [0.2, 0.25) is 0 Å². The summed E-state index contributed by atoms with van der Waals surface area (Å²) < 4.78 is 5.22. The van der Waals surface area contributed by atoms with Crippen molar-refractivity contribution in [3.05, 3.63) is 18.2 Å². The van der Waals surface area contributed by atoms with Gasteiger partial charge in [-0.3, -0.25) is 4.79 Å². The van der Waals surface area contributed by atoms with E-state index in [4.69, 9.17) is 10.5 Å². The molecule has 21 heavy (non-hydrogen) atoms. The average Bonchev–Trinajstić information content (AvgIpc) is 2.97. The van der Waals surface area contributed by atoms with E-state index in [1.54, 1.807) is 25.3 Å². The average molecular weight is 326 g/mol. The number of unbranched alkanes of at least 4 members (excludes halogenated alkanes) is 1. The summed E-state index contributed by atoms with van der Waals surface area (Å²) in [6.45, 7) is 0. The Morgan fingerprint density at radius 1 is 1.48 bits per heavy atom. The monoisotopic (exact) mass is 326 g/mol. The molecule has 116 valence electrons. The first-order valence-corrected chi connectivity index (χ1v) is 9.59. The van der Waals surface area contributed by atoms with Gasteiger partial charge < -0.3 is 15.8 Å². The quantitative estimate of drug-likeness (QED) is 0.451. The van der Waals surface area contributed by atoms with Gasteiger partial charge in [-0.25, -0.2) is 0 Å². The minimum absolute atomic E-state index is 0.0207. The molecule has 1 unspecified atom stereocenters. The SMILES string of the molecule is COc1ccc(N)cc1NC(=O)CCCCC1CCSS1. The van der Waals surface area contributed by atoms with E-state index in [9.17, 15) is 4.79 Å². The Morgan fingerprint density at radius 2 is 2.33 bits per heavy atom. The van der Waals surface area contributed by atoms with Crippen LogP contribution in [0.3, 0.4) is 0 Å². The zero-order valence-electron chi connectivity index (χ0n) is 12.3. The number of anilines is 2. The highest BCUT2D eigenvalue weighted by Gasteiger charge is 2.16. The molecule has 1 fully saturated rings. The summed E-state index contributed by atoms with van der Waals surface area (Å²) in [6, 6.07) is 5.24. The second-order valence-corrected chi connectivity index (χ2v) is 7.87. The van der Waals surface area contributed by atoms with E-state index in [1.165, 1.54) is 18.6 Å². The summed E-state index contributed by atoms with van der Waals surface area (Å²) >= 11 is 0. The number of amides is 1. The lowest BCUT2D eigenvalue weighted by Gasteiger charge is -2.11. The molecule has 1 aromatic rings. The van der Waals surface area contributed by atoms with Crippen molar-refractivity contribution in [3.63, 3.8) is 0 Å². The first kappa shape index (κ1) is 16.4. The number of nitrogen functional groups attached to an aromatic ring is 1. The molecule has 1 heterocycles. The van der Waals surface area contributed by atoms with Crippen molar-refractivity contribution in [3.8, 4) is 5.75 Å². The number of carbonyl (C=O) groups excluding carboxylic acids is 1. The Kier molecular flexibility index (Phi) is 6.57. The number of hydrogen-bond donors (Lipinski definition) is 2. The first-order valence-electron chi connectivity index (χ1n) is 7.20. The van der Waals surface area contributed by atoms with Gasteiger partial charge in [-0.2, -0.15) is 0 Å². The van der Waals surface area contributed by atoms with Crippen molar-refractivity contribution in [1.82, 2.24) is 0 Å². The first-order chi connectivity index (χ1) is 10.2. The fourth-order valence-corrected chi connectivity index (χ4v) is 5.29. The van der Waals surface area contributed by atoms with E-state index in [1.807, 2.05) is 21.6 Å². The molecule has 6 heteroatoms. The van der Waals surface area contributed by atoms with Crippen LogP contribution in [0.25, 0.3) is 0 Å². The number of rotatable bonds is 7. The summed E-state index contributed by atoms with van der Waals surface area (Å²) in [4.78, 5) is 12.0. The van der Waals surface area contributed by atoms with Crippen LogP contribution in [-0.4, -0.2) is 24.0 Å². The molecule has 2 rings (SSSR count). The molecule has 0 bridgehead atoms. The maximum absolute atomic E-state index is 12.0. The van der Waals surface area contributed by atoms with E-state index < -0.39 is 0 Å². The van der Waals surface area contributed by atoms with E-state index in [-0.39, 0.29) is 5.91 Å². The van der Waals surface area contributed by atoms with Gasteiger partial charge in [0.15, 0.2) is 0 Å². The van der Waals surface area contributed by atoms with E-state index >= 15 is 0 Å². The van der Waals surface area contributed by atoms with Gasteiger partial charge in [0.05, 0.1) is 12.8 Å². The third-order valence-electron chi connectivity index (χ3n) is 3.40. The van der Waals surface area contributed by atoms with Crippen molar-refractivity contribution < 1.29 is 9.53 Å². The molecule has 0 saturated carbocycles. The zero-order valence-corrected chi connectivity index (χ0v) is 13.9. The van der Waals surface area contributed by atoms with Gasteiger partial charge in [0.25, 0.3) is 0 Å². The van der Waals surface area contributed by atoms with Crippen molar-refractivity contribution >= 4 is 38.9 Å². The number of hydrogen-bond acceptors (Lipinski definition) is 5. The number of methoxy groups -OCH3 is 1. The Balaban J connectivity index is 1.72. The molecule has 0 aliphatic carbocycles. The van der Waals surface area contributed by atoms with Crippen molar-refractivity contribution in [2.45, 2.75) is 37.4 Å². The summed E-state index contributed by atoms with van der Waals surface area (Å²) in [5, 5.41) is 3.66. The maximum Gasteiger partial charge on any atom is 0.224 e. The fraction of sp³-hybridized carbons (Fsp3) is 0.533. The van der Waals surface area contributed by atoms with Crippen LogP contribution in [0, 0.1) is 0 Å². The van der Waals surface area contributed by atoms with E-state index in [0.717, 1.165) is 18.1 Å². The molecule has 0 radical (unpaired) electrons. The Morgan fingerprint density at radius 3 is 3.05 bits per heavy atom. The van der Waals surface area contributed by atoms with Crippen LogP contribution < -0.4 is 15.8 Å². The molecule has 1 atom stereocenters. The number of ether oxygens (including phenoxy) is 1. The molecule has 1 aliphatic rings. The normalized spacial score (nSPS) is 17.7. The predicted molar refractivity (Wildman–Crippen MR) is 93.0 cm³/mol. The molecule has 1 saturated heterocycles. The minimum Gasteiger partial charge on any atom is -0.495 e. The third kappa shape index (κ3) is 5.36. The van der Waals surface area contributed by atoms with Gasteiger partial charge in [-0.1, -0.05) is 28.0 Å². The van der Waals surface area contributed by atoms with Crippen LogP contribution in [0.15, 0.2) is 18.2 Å². The van der Waals surface area contributed by atoms with Gasteiger partial charge in [-0.15, -0.1) is 0 Å². The Hall–Kier alpha value is -1.01.